The molecule has 2 rings (SSSR count). The van der Waals surface area contributed by atoms with Gasteiger partial charge in [-0.1, -0.05) is 0 Å². The first kappa shape index (κ1) is 24.5. The van der Waals surface area contributed by atoms with E-state index in [0.29, 0.717) is 52.4 Å². The first-order valence-corrected chi connectivity index (χ1v) is 11.1. The number of thiophene rings is 1. The number of benzene rings is 1. The Bertz CT molecular complexity index is 999. The first-order chi connectivity index (χ1) is 14.8. The lowest BCUT2D eigenvalue weighted by Gasteiger charge is -2.29. The maximum atomic E-state index is 9.36. The molecular weight excluding hydrogens is 410 g/mol. The molecule has 0 aliphatic carbocycles. The van der Waals surface area contributed by atoms with Crippen molar-refractivity contribution in [2.45, 2.75) is 53.2 Å². The van der Waals surface area contributed by atoms with Crippen molar-refractivity contribution in [1.82, 2.24) is 0 Å². The van der Waals surface area contributed by atoms with E-state index in [9.17, 15) is 15.6 Å². The standard InChI is InChI=1S/C23H29N5O2S/c1-15(2)28(9-11-30-10-8-17(4)29)19-6-7-21(16(3)12-19)26-27-23-20(13-24)18(5)22(14-25)31-23/h6-7,12,15,17,29H,8-11H2,1-5H3. The van der Waals surface area contributed by atoms with Crippen molar-refractivity contribution in [3.63, 3.8) is 0 Å². The van der Waals surface area contributed by atoms with Crippen molar-refractivity contribution >= 4 is 27.7 Å². The summed E-state index contributed by atoms with van der Waals surface area (Å²) in [5, 5.41) is 36.9. The van der Waals surface area contributed by atoms with Crippen molar-refractivity contribution in [2.24, 2.45) is 10.2 Å². The van der Waals surface area contributed by atoms with Gasteiger partial charge >= 0.3 is 0 Å². The second-order valence-corrected chi connectivity index (χ2v) is 8.67. The van der Waals surface area contributed by atoms with Gasteiger partial charge in [0.15, 0.2) is 5.00 Å². The summed E-state index contributed by atoms with van der Waals surface area (Å²) in [6, 6.07) is 10.5. The lowest BCUT2D eigenvalue weighted by atomic mass is 10.1. The first-order valence-electron chi connectivity index (χ1n) is 10.3. The number of azo groups is 1. The Morgan fingerprint density at radius 3 is 2.45 bits per heavy atom. The number of hydrogen-bond donors (Lipinski definition) is 1. The van der Waals surface area contributed by atoms with Crippen molar-refractivity contribution in [3.05, 3.63) is 39.8 Å². The Kier molecular flexibility index (Phi) is 9.14. The summed E-state index contributed by atoms with van der Waals surface area (Å²) in [6.07, 6.45) is 0.285. The SMILES string of the molecule is Cc1cc(N(CCOCCC(C)O)C(C)C)ccc1N=Nc1sc(C#N)c(C)c1C#N. The fraction of sp³-hybridized carbons (Fsp3) is 0.478. The Morgan fingerprint density at radius 1 is 1.13 bits per heavy atom. The molecule has 8 heteroatoms. The minimum absolute atomic E-state index is 0.295. The number of nitrogens with zero attached hydrogens (tertiary/aromatic N) is 5. The molecule has 1 aromatic carbocycles. The Hall–Kier alpha value is -2.78. The van der Waals surface area contributed by atoms with Gasteiger partial charge in [0.2, 0.25) is 0 Å². The van der Waals surface area contributed by atoms with Crippen LogP contribution in [0.25, 0.3) is 0 Å². The van der Waals surface area contributed by atoms with Gasteiger partial charge in [-0.05, 0) is 70.4 Å². The molecule has 0 aliphatic heterocycles. The normalized spacial score (nSPS) is 12.2. The molecule has 2 aromatic rings. The summed E-state index contributed by atoms with van der Waals surface area (Å²) >= 11 is 1.18. The molecule has 1 heterocycles. The lowest BCUT2D eigenvalue weighted by molar-refractivity contribution is 0.0924. The van der Waals surface area contributed by atoms with Crippen molar-refractivity contribution in [2.75, 3.05) is 24.7 Å². The number of aliphatic hydroxyl groups excluding tert-OH is 1. The zero-order valence-corrected chi connectivity index (χ0v) is 19.5. The molecule has 0 saturated carbocycles. The average Bonchev–Trinajstić information content (AvgIpc) is 3.03. The summed E-state index contributed by atoms with van der Waals surface area (Å²) < 4.78 is 5.65. The van der Waals surface area contributed by atoms with E-state index in [4.69, 9.17) is 4.74 Å². The van der Waals surface area contributed by atoms with Crippen LogP contribution in [-0.4, -0.2) is 37.0 Å². The van der Waals surface area contributed by atoms with Gasteiger partial charge in [0, 0.05) is 24.9 Å². The molecule has 164 valence electrons. The van der Waals surface area contributed by atoms with E-state index in [1.165, 1.54) is 11.3 Å². The third-order valence-electron chi connectivity index (χ3n) is 4.88. The molecule has 0 aliphatic rings. The van der Waals surface area contributed by atoms with Crippen LogP contribution < -0.4 is 4.90 Å². The molecule has 31 heavy (non-hydrogen) atoms. The zero-order chi connectivity index (χ0) is 23.0. The molecular formula is C23H29N5O2S. The number of ether oxygens (including phenoxy) is 1. The molecule has 1 N–H and O–H groups in total. The molecule has 1 unspecified atom stereocenters. The topological polar surface area (TPSA) is 105 Å². The number of aliphatic hydroxyl groups is 1. The predicted molar refractivity (Wildman–Crippen MR) is 123 cm³/mol. The van der Waals surface area contributed by atoms with Gasteiger partial charge < -0.3 is 14.7 Å². The van der Waals surface area contributed by atoms with Crippen LogP contribution in [0.3, 0.4) is 0 Å². The second kappa shape index (κ2) is 11.6. The highest BCUT2D eigenvalue weighted by Crippen LogP contribution is 2.36. The number of hydrogen-bond acceptors (Lipinski definition) is 8. The van der Waals surface area contributed by atoms with Crippen LogP contribution in [0.4, 0.5) is 16.4 Å². The van der Waals surface area contributed by atoms with Gasteiger partial charge in [-0.2, -0.15) is 10.5 Å². The average molecular weight is 440 g/mol. The Balaban J connectivity index is 2.14. The van der Waals surface area contributed by atoms with Gasteiger partial charge in [-0.25, -0.2) is 0 Å². The molecule has 1 aromatic heterocycles. The highest BCUT2D eigenvalue weighted by Gasteiger charge is 2.15. The largest absolute Gasteiger partial charge is 0.393 e. The minimum atomic E-state index is -0.348. The molecule has 7 nitrogen and oxygen atoms in total. The van der Waals surface area contributed by atoms with Crippen molar-refractivity contribution < 1.29 is 9.84 Å². The Morgan fingerprint density at radius 2 is 1.87 bits per heavy atom. The van der Waals surface area contributed by atoms with Gasteiger partial charge in [-0.15, -0.1) is 21.6 Å². The van der Waals surface area contributed by atoms with E-state index in [2.05, 4.69) is 47.2 Å². The van der Waals surface area contributed by atoms with Gasteiger partial charge in [-0.3, -0.25) is 0 Å². The Labute approximate surface area is 188 Å². The summed E-state index contributed by atoms with van der Waals surface area (Å²) in [4.78, 5) is 2.74. The van der Waals surface area contributed by atoms with Crippen molar-refractivity contribution in [3.8, 4) is 12.1 Å². The summed E-state index contributed by atoms with van der Waals surface area (Å²) in [5.74, 6) is 0. The minimum Gasteiger partial charge on any atom is -0.393 e. The number of nitriles is 2. The fourth-order valence-electron chi connectivity index (χ4n) is 3.04. The van der Waals surface area contributed by atoms with E-state index >= 15 is 0 Å². The van der Waals surface area contributed by atoms with Gasteiger partial charge in [0.1, 0.15) is 17.0 Å². The van der Waals surface area contributed by atoms with E-state index in [1.807, 2.05) is 19.1 Å². The van der Waals surface area contributed by atoms with E-state index < -0.39 is 0 Å². The molecule has 0 saturated heterocycles. The van der Waals surface area contributed by atoms with E-state index in [1.54, 1.807) is 13.8 Å². The van der Waals surface area contributed by atoms with Gasteiger partial charge in [0.25, 0.3) is 0 Å². The highest BCUT2D eigenvalue weighted by molar-refractivity contribution is 7.16. The smallest absolute Gasteiger partial charge is 0.158 e. The second-order valence-electron chi connectivity index (χ2n) is 7.67. The molecule has 0 spiro atoms. The van der Waals surface area contributed by atoms with Crippen LogP contribution in [0.15, 0.2) is 28.4 Å². The summed E-state index contributed by atoms with van der Waals surface area (Å²) in [5.41, 5.74) is 3.81. The number of anilines is 1. The molecule has 0 fully saturated rings. The van der Waals surface area contributed by atoms with Gasteiger partial charge in [0.05, 0.1) is 24.0 Å². The third kappa shape index (κ3) is 6.60. The van der Waals surface area contributed by atoms with Crippen LogP contribution >= 0.6 is 11.3 Å². The number of aryl methyl sites for hydroxylation is 1. The monoisotopic (exact) mass is 439 g/mol. The lowest BCUT2D eigenvalue weighted by Crippen LogP contribution is -2.34. The van der Waals surface area contributed by atoms with Crippen LogP contribution in [0.1, 0.15) is 48.8 Å². The highest BCUT2D eigenvalue weighted by atomic mass is 32.1. The van der Waals surface area contributed by atoms with Crippen LogP contribution in [0.2, 0.25) is 0 Å². The summed E-state index contributed by atoms with van der Waals surface area (Å²) in [6.45, 7) is 11.6. The third-order valence-corrected chi connectivity index (χ3v) is 5.96. The molecule has 0 amide bonds. The van der Waals surface area contributed by atoms with E-state index in [0.717, 1.165) is 17.8 Å². The fourth-order valence-corrected chi connectivity index (χ4v) is 3.92. The molecule has 0 radical (unpaired) electrons. The molecule has 1 atom stereocenters. The van der Waals surface area contributed by atoms with Crippen LogP contribution in [-0.2, 0) is 4.74 Å². The van der Waals surface area contributed by atoms with Crippen LogP contribution in [0, 0.1) is 36.5 Å². The maximum absolute atomic E-state index is 9.36. The summed E-state index contributed by atoms with van der Waals surface area (Å²) in [7, 11) is 0. The predicted octanol–water partition coefficient (Wildman–Crippen LogP) is 5.53. The number of rotatable bonds is 10. The van der Waals surface area contributed by atoms with Crippen LogP contribution in [0.5, 0.6) is 0 Å². The quantitative estimate of drug-likeness (QED) is 0.387. The maximum Gasteiger partial charge on any atom is 0.158 e. The van der Waals surface area contributed by atoms with E-state index in [-0.39, 0.29) is 6.10 Å². The zero-order valence-electron chi connectivity index (χ0n) is 18.7. The van der Waals surface area contributed by atoms with Crippen molar-refractivity contribution in [1.29, 1.82) is 10.5 Å². The molecule has 0 bridgehead atoms.